The lowest BCUT2D eigenvalue weighted by Gasteiger charge is -2.31. The summed E-state index contributed by atoms with van der Waals surface area (Å²) in [6.07, 6.45) is -0.538. The first-order valence-corrected chi connectivity index (χ1v) is 31.7. The van der Waals surface area contributed by atoms with Crippen LogP contribution in [0.15, 0.2) is 108 Å². The number of carbonyl (C=O) groups is 6. The van der Waals surface area contributed by atoms with E-state index in [1.165, 1.54) is 26.2 Å². The van der Waals surface area contributed by atoms with Gasteiger partial charge in [-0.3, -0.25) is 19.3 Å². The summed E-state index contributed by atoms with van der Waals surface area (Å²) in [6.45, 7) is 10.4. The molecule has 4 aromatic carbocycles. The number of rotatable bonds is 24. The van der Waals surface area contributed by atoms with Crippen LogP contribution in [0, 0.1) is 11.8 Å². The highest BCUT2D eigenvalue weighted by molar-refractivity contribution is 7.89. The Kier molecular flexibility index (Phi) is 21.1. The molecule has 86 heavy (non-hydrogen) atoms. The molecule has 0 bridgehead atoms. The minimum absolute atomic E-state index is 0.00940. The number of aliphatic hydroxyl groups is 1. The molecule has 5 aliphatic rings. The summed E-state index contributed by atoms with van der Waals surface area (Å²) in [6, 6.07) is 27.7. The molecule has 0 unspecified atom stereocenters. The lowest BCUT2D eigenvalue weighted by molar-refractivity contribution is -0.142. The normalized spacial score (nSPS) is 21.0. The molecule has 4 saturated heterocycles. The van der Waals surface area contributed by atoms with Crippen LogP contribution < -0.4 is 21.3 Å². The monoisotopic (exact) mass is 1210 g/mol. The fourth-order valence-corrected chi connectivity index (χ4v) is 13.8. The predicted octanol–water partition coefficient (Wildman–Crippen LogP) is 6.99. The maximum atomic E-state index is 14.7. The van der Waals surface area contributed by atoms with Crippen molar-refractivity contribution in [3.8, 4) is 11.1 Å². The van der Waals surface area contributed by atoms with Crippen LogP contribution in [0.4, 0.5) is 14.4 Å². The van der Waals surface area contributed by atoms with Crippen molar-refractivity contribution in [2.75, 3.05) is 52.5 Å². The molecule has 0 spiro atoms. The van der Waals surface area contributed by atoms with Crippen LogP contribution in [-0.4, -0.2) is 164 Å². The van der Waals surface area contributed by atoms with Crippen molar-refractivity contribution in [1.82, 2.24) is 35.4 Å². The Morgan fingerprint density at radius 3 is 2.06 bits per heavy atom. The lowest BCUT2D eigenvalue weighted by Crippen LogP contribution is -2.56. The van der Waals surface area contributed by atoms with Gasteiger partial charge in [0.15, 0.2) is 6.29 Å². The zero-order valence-corrected chi connectivity index (χ0v) is 50.6. The molecule has 464 valence electrons. The van der Waals surface area contributed by atoms with Gasteiger partial charge < -0.3 is 55.0 Å². The second-order valence-corrected chi connectivity index (χ2v) is 26.3. The largest absolute Gasteiger partial charge is 0.449 e. The van der Waals surface area contributed by atoms with E-state index in [0.29, 0.717) is 63.7 Å². The zero-order chi connectivity index (χ0) is 61.1. The highest BCUT2D eigenvalue weighted by atomic mass is 32.2. The fraction of sp³-hybridized carbons (Fsp3) is 0.531. The molecule has 21 nitrogen and oxygen atoms in total. The molecule has 8 atom stereocenters. The van der Waals surface area contributed by atoms with Crippen molar-refractivity contribution in [3.05, 3.63) is 125 Å². The third-order valence-corrected chi connectivity index (χ3v) is 18.3. The molecule has 1 aliphatic carbocycles. The summed E-state index contributed by atoms with van der Waals surface area (Å²) >= 11 is 0. The Morgan fingerprint density at radius 2 is 1.38 bits per heavy atom. The number of hydrogen-bond acceptors (Lipinski definition) is 14. The van der Waals surface area contributed by atoms with Gasteiger partial charge >= 0.3 is 18.3 Å². The van der Waals surface area contributed by atoms with Crippen LogP contribution in [0.5, 0.6) is 0 Å². The van der Waals surface area contributed by atoms with E-state index in [4.69, 9.17) is 23.7 Å². The minimum Gasteiger partial charge on any atom is -0.449 e. The van der Waals surface area contributed by atoms with Crippen LogP contribution >= 0.6 is 0 Å². The lowest BCUT2D eigenvalue weighted by atomic mass is 9.98. The van der Waals surface area contributed by atoms with Gasteiger partial charge in [0, 0.05) is 45.2 Å². The van der Waals surface area contributed by atoms with E-state index < -0.39 is 94.3 Å². The topological polar surface area (TPSA) is 261 Å². The number of nitrogens with zero attached hydrogens (tertiary/aromatic N) is 3. The number of sulfonamides is 1. The molecular weight excluding hydrogens is 1120 g/mol. The van der Waals surface area contributed by atoms with Crippen molar-refractivity contribution >= 4 is 46.0 Å². The Balaban J connectivity index is 0.807. The molecular formula is C64H83N7O14S. The number of likely N-dealkylation sites (tertiary alicyclic amines) is 2. The van der Waals surface area contributed by atoms with E-state index in [1.807, 2.05) is 80.6 Å². The van der Waals surface area contributed by atoms with Crippen LogP contribution in [0.2, 0.25) is 0 Å². The van der Waals surface area contributed by atoms with Gasteiger partial charge in [-0.1, -0.05) is 105 Å². The predicted molar refractivity (Wildman–Crippen MR) is 319 cm³/mol. The summed E-state index contributed by atoms with van der Waals surface area (Å²) in [4.78, 5) is 85.3. The average molecular weight is 1210 g/mol. The van der Waals surface area contributed by atoms with E-state index in [9.17, 15) is 42.3 Å². The molecule has 0 saturated carbocycles. The molecule has 22 heteroatoms. The third-order valence-electron chi connectivity index (χ3n) is 16.5. The van der Waals surface area contributed by atoms with Crippen molar-refractivity contribution in [2.45, 2.75) is 158 Å². The molecule has 5 N–H and O–H groups in total. The molecule has 9 rings (SSSR count). The van der Waals surface area contributed by atoms with Gasteiger partial charge in [-0.15, -0.1) is 0 Å². The number of fused-ring (bicyclic) bond motifs is 4. The Bertz CT molecular complexity index is 3080. The van der Waals surface area contributed by atoms with E-state index in [2.05, 4.69) is 33.4 Å². The number of alkyl carbamates (subject to hydrolysis) is 2. The SMILES string of the molecule is CC(C)CN(C[C@@H](O)[C@H](Cc1ccccc1)NC(=O)O[C@H]1CO[C@H]2OCC[C@H]21)S(=O)(=O)c1ccc(CNC(=O)[C@@H]2CCCN2C(=O)[C@H](CCCCNC(=O)OCC2c3ccccc3-c3ccccc32)NC(=O)[C@@H]2CCCN2C(=O)OC(C)(C)C)cc1. The number of hydrogen-bond donors (Lipinski definition) is 5. The van der Waals surface area contributed by atoms with Crippen molar-refractivity contribution in [1.29, 1.82) is 0 Å². The number of ether oxygens (including phenoxy) is 5. The number of benzene rings is 4. The van der Waals surface area contributed by atoms with E-state index in [1.54, 1.807) is 32.9 Å². The number of amides is 6. The highest BCUT2D eigenvalue weighted by Crippen LogP contribution is 2.44. The summed E-state index contributed by atoms with van der Waals surface area (Å²) in [5.41, 5.74) is 5.04. The Morgan fingerprint density at radius 1 is 0.733 bits per heavy atom. The van der Waals surface area contributed by atoms with Gasteiger partial charge in [-0.05, 0) is 130 Å². The second kappa shape index (κ2) is 28.6. The zero-order valence-electron chi connectivity index (χ0n) is 49.8. The van der Waals surface area contributed by atoms with E-state index in [0.717, 1.165) is 27.8 Å². The quantitative estimate of drug-likeness (QED) is 0.0350. The number of nitrogens with one attached hydrogen (secondary N) is 4. The maximum absolute atomic E-state index is 14.7. The summed E-state index contributed by atoms with van der Waals surface area (Å²) in [5, 5.41) is 23.3. The molecule has 4 fully saturated rings. The van der Waals surface area contributed by atoms with Crippen LogP contribution in [-0.2, 0) is 61.1 Å². The number of carbonyl (C=O) groups excluding carboxylic acids is 6. The number of unbranched alkanes of at least 4 members (excludes halogenated alkanes) is 1. The van der Waals surface area contributed by atoms with E-state index in [-0.39, 0.29) is 81.4 Å². The fourth-order valence-electron chi connectivity index (χ4n) is 12.2. The minimum atomic E-state index is -4.22. The van der Waals surface area contributed by atoms with E-state index >= 15 is 0 Å². The van der Waals surface area contributed by atoms with Gasteiger partial charge in [0.25, 0.3) is 0 Å². The van der Waals surface area contributed by atoms with Crippen molar-refractivity contribution in [3.63, 3.8) is 0 Å². The Hall–Kier alpha value is -7.11. The van der Waals surface area contributed by atoms with Gasteiger partial charge in [-0.25, -0.2) is 22.8 Å². The molecule has 0 aromatic heterocycles. The van der Waals surface area contributed by atoms with Crippen LogP contribution in [0.1, 0.15) is 114 Å². The molecule has 0 radical (unpaired) electrons. The first-order valence-electron chi connectivity index (χ1n) is 30.2. The van der Waals surface area contributed by atoms with Gasteiger partial charge in [0.1, 0.15) is 36.4 Å². The first kappa shape index (κ1) is 63.4. The second-order valence-electron chi connectivity index (χ2n) is 24.4. The molecule has 4 heterocycles. The van der Waals surface area contributed by atoms with Crippen LogP contribution in [0.3, 0.4) is 0 Å². The van der Waals surface area contributed by atoms with Gasteiger partial charge in [0.05, 0.1) is 36.2 Å². The van der Waals surface area contributed by atoms with Crippen molar-refractivity contribution in [2.24, 2.45) is 11.8 Å². The summed E-state index contributed by atoms with van der Waals surface area (Å²) in [5.74, 6) is -1.72. The van der Waals surface area contributed by atoms with Gasteiger partial charge in [-0.2, -0.15) is 4.31 Å². The third kappa shape index (κ3) is 15.9. The Labute approximate surface area is 504 Å². The first-order chi connectivity index (χ1) is 41.2. The standard InChI is InChI=1S/C64H83N7O14S/c1-41(2)37-69(38-55(72)52(35-42-17-7-6-8-18-42)68-62(77)84-56-40-82-60-49(56)30-34-81-60)86(79,80)44-28-26-43(27-29-44)36-66-57(73)53-24-15-32-70(53)59(75)51(67-58(74)54-25-16-33-71(54)63(78)85-64(3,4)5)23-13-14-31-65-61(76)83-39-50-47-21-11-9-19-45(47)46-20-10-12-22-48(46)50/h6-12,17-22,26-29,41,49-56,60,72H,13-16,23-25,30-40H2,1-5H3,(H,65,76)(H,66,73)(H,67,74)(H,68,77)/t49-,51-,52-,53-,54-,55+,56-,60+/m0/s1. The molecule has 4 aliphatic heterocycles. The maximum Gasteiger partial charge on any atom is 0.410 e. The highest BCUT2D eigenvalue weighted by Gasteiger charge is 2.45. The average Bonchev–Trinajstić information content (AvgIpc) is 1.81. The smallest absolute Gasteiger partial charge is 0.410 e. The van der Waals surface area contributed by atoms with Crippen molar-refractivity contribution < 1.29 is 66.0 Å². The molecule has 4 aromatic rings. The van der Waals surface area contributed by atoms with Crippen LogP contribution in [0.25, 0.3) is 11.1 Å². The van der Waals surface area contributed by atoms with Gasteiger partial charge in [0.2, 0.25) is 27.7 Å². The molecule has 6 amide bonds. The summed E-state index contributed by atoms with van der Waals surface area (Å²) < 4.78 is 58.4. The summed E-state index contributed by atoms with van der Waals surface area (Å²) in [7, 11) is -4.22. The number of aliphatic hydroxyl groups excluding tert-OH is 1.